The number of amides is 1. The first-order valence-electron chi connectivity index (χ1n) is 8.92. The second kappa shape index (κ2) is 9.36. The van der Waals surface area contributed by atoms with Crippen LogP contribution in [-0.4, -0.2) is 54.9 Å². The van der Waals surface area contributed by atoms with E-state index in [2.05, 4.69) is 10.2 Å². The lowest BCUT2D eigenvalue weighted by Gasteiger charge is -2.36. The maximum absolute atomic E-state index is 13.0. The maximum atomic E-state index is 13.0. The predicted octanol–water partition coefficient (Wildman–Crippen LogP) is 3.79. The minimum Gasteiger partial charge on any atom is -0.391 e. The number of nitrogens with zero attached hydrogens (tertiary/aromatic N) is 1. The summed E-state index contributed by atoms with van der Waals surface area (Å²) < 4.78 is 13.0. The van der Waals surface area contributed by atoms with Crippen LogP contribution in [0, 0.1) is 11.3 Å². The monoisotopic (exact) mass is 404 g/mol. The number of likely N-dealkylation sites (tertiary alicyclic amines) is 1. The zero-order valence-corrected chi connectivity index (χ0v) is 16.8. The van der Waals surface area contributed by atoms with Crippen molar-refractivity contribution in [3.8, 4) is 0 Å². The molecular weight excluding hydrogens is 378 g/mol. The first-order valence-corrected chi connectivity index (χ1v) is 9.67. The Balaban J connectivity index is 1.76. The summed E-state index contributed by atoms with van der Waals surface area (Å²) in [4.78, 5) is 14.4. The highest BCUT2D eigenvalue weighted by Gasteiger charge is 2.30. The van der Waals surface area contributed by atoms with E-state index in [4.69, 9.17) is 23.2 Å². The van der Waals surface area contributed by atoms with E-state index in [1.54, 1.807) is 32.0 Å². The largest absolute Gasteiger partial charge is 0.391 e. The number of hydrogen-bond acceptors (Lipinski definition) is 3. The van der Waals surface area contributed by atoms with Crippen molar-refractivity contribution in [2.45, 2.75) is 32.8 Å². The molecule has 0 radical (unpaired) electrons. The second-order valence-electron chi connectivity index (χ2n) is 7.75. The zero-order valence-electron chi connectivity index (χ0n) is 15.3. The topological polar surface area (TPSA) is 52.6 Å². The summed E-state index contributed by atoms with van der Waals surface area (Å²) in [6.45, 7) is 5.69. The molecule has 1 fully saturated rings. The molecule has 1 heterocycles. The summed E-state index contributed by atoms with van der Waals surface area (Å²) in [6.07, 6.45) is 1.18. The van der Waals surface area contributed by atoms with Crippen molar-refractivity contribution in [2.24, 2.45) is 11.3 Å². The van der Waals surface area contributed by atoms with Crippen molar-refractivity contribution in [1.29, 1.82) is 0 Å². The average Bonchev–Trinajstić information content (AvgIpc) is 2.60. The molecule has 0 saturated carbocycles. The van der Waals surface area contributed by atoms with E-state index >= 15 is 0 Å². The molecule has 1 aromatic carbocycles. The Bertz CT molecular complexity index is 599. The van der Waals surface area contributed by atoms with Crippen LogP contribution in [0.25, 0.3) is 0 Å². The Hall–Kier alpha value is -0.880. The lowest BCUT2D eigenvalue weighted by atomic mass is 9.87. The molecule has 1 unspecified atom stereocenters. The molecule has 1 saturated heterocycles. The molecule has 26 heavy (non-hydrogen) atoms. The molecule has 146 valence electrons. The zero-order chi connectivity index (χ0) is 19.3. The number of rotatable bonds is 7. The molecule has 2 rings (SSSR count). The summed E-state index contributed by atoms with van der Waals surface area (Å²) in [5, 5.41) is 14.0. The summed E-state index contributed by atoms with van der Waals surface area (Å²) in [5.74, 6) is 0.202. The SMILES string of the molecule is CC(C)(CF)C(O)CN1CCC(CNC(=O)c2cc(Cl)cc(Cl)c2)CC1. The van der Waals surface area contributed by atoms with Gasteiger partial charge in [-0.3, -0.25) is 9.18 Å². The summed E-state index contributed by atoms with van der Waals surface area (Å²) in [7, 11) is 0. The molecular formula is C19H27Cl2FN2O2. The van der Waals surface area contributed by atoms with Crippen molar-refractivity contribution in [3.63, 3.8) is 0 Å². The van der Waals surface area contributed by atoms with Crippen molar-refractivity contribution in [2.75, 3.05) is 32.9 Å². The first kappa shape index (κ1) is 21.4. The third kappa shape index (κ3) is 6.08. The third-order valence-corrected chi connectivity index (χ3v) is 5.50. The molecule has 2 N–H and O–H groups in total. The fraction of sp³-hybridized carbons (Fsp3) is 0.632. The average molecular weight is 405 g/mol. The van der Waals surface area contributed by atoms with Gasteiger partial charge in [-0.1, -0.05) is 37.0 Å². The number of nitrogens with one attached hydrogen (secondary N) is 1. The highest BCUT2D eigenvalue weighted by molar-refractivity contribution is 6.35. The van der Waals surface area contributed by atoms with Crippen LogP contribution in [0.3, 0.4) is 0 Å². The number of halogens is 3. The van der Waals surface area contributed by atoms with Crippen LogP contribution < -0.4 is 5.32 Å². The number of β-amino-alcohol motifs (C(OH)–C–C–N with tert-alkyl or cyclic N) is 1. The number of aliphatic hydroxyl groups excluding tert-OH is 1. The van der Waals surface area contributed by atoms with Crippen molar-refractivity contribution < 1.29 is 14.3 Å². The van der Waals surface area contributed by atoms with E-state index in [9.17, 15) is 14.3 Å². The van der Waals surface area contributed by atoms with Gasteiger partial charge < -0.3 is 15.3 Å². The molecule has 0 aromatic heterocycles. The Kier molecular flexibility index (Phi) is 7.71. The van der Waals surface area contributed by atoms with Gasteiger partial charge in [-0.2, -0.15) is 0 Å². The number of carbonyl (C=O) groups excluding carboxylic acids is 1. The van der Waals surface area contributed by atoms with Crippen LogP contribution in [-0.2, 0) is 0 Å². The van der Waals surface area contributed by atoms with E-state index in [0.717, 1.165) is 25.9 Å². The van der Waals surface area contributed by atoms with E-state index in [-0.39, 0.29) is 5.91 Å². The molecule has 0 bridgehead atoms. The van der Waals surface area contributed by atoms with E-state index < -0.39 is 18.2 Å². The molecule has 1 aromatic rings. The van der Waals surface area contributed by atoms with Gasteiger partial charge in [0.2, 0.25) is 0 Å². The molecule has 1 aliphatic rings. The minimum atomic E-state index is -0.719. The molecule has 7 heteroatoms. The van der Waals surface area contributed by atoms with Gasteiger partial charge in [0.15, 0.2) is 0 Å². The highest BCUT2D eigenvalue weighted by Crippen LogP contribution is 2.24. The Morgan fingerprint density at radius 3 is 2.42 bits per heavy atom. The van der Waals surface area contributed by atoms with Gasteiger partial charge in [-0.15, -0.1) is 0 Å². The Morgan fingerprint density at radius 2 is 1.88 bits per heavy atom. The molecule has 1 atom stereocenters. The Morgan fingerprint density at radius 1 is 1.31 bits per heavy atom. The molecule has 4 nitrogen and oxygen atoms in total. The van der Waals surface area contributed by atoms with Crippen molar-refractivity contribution >= 4 is 29.1 Å². The number of hydrogen-bond donors (Lipinski definition) is 2. The highest BCUT2D eigenvalue weighted by atomic mass is 35.5. The van der Waals surface area contributed by atoms with Crippen LogP contribution in [0.2, 0.25) is 10.0 Å². The number of aliphatic hydroxyl groups is 1. The van der Waals surface area contributed by atoms with Gasteiger partial charge in [-0.25, -0.2) is 0 Å². The van der Waals surface area contributed by atoms with Gasteiger partial charge >= 0.3 is 0 Å². The summed E-state index contributed by atoms with van der Waals surface area (Å²) >= 11 is 11.9. The molecule has 1 amide bonds. The summed E-state index contributed by atoms with van der Waals surface area (Å²) in [5.41, 5.74) is -0.264. The lowest BCUT2D eigenvalue weighted by Crippen LogP contribution is -2.46. The second-order valence-corrected chi connectivity index (χ2v) is 8.62. The molecule has 1 aliphatic heterocycles. The Labute approximate surface area is 164 Å². The minimum absolute atomic E-state index is 0.183. The van der Waals surface area contributed by atoms with Gasteiger partial charge in [-0.05, 0) is 50.0 Å². The number of benzene rings is 1. The number of piperidine rings is 1. The first-order chi connectivity index (χ1) is 12.2. The van der Waals surface area contributed by atoms with Crippen LogP contribution in [0.4, 0.5) is 4.39 Å². The fourth-order valence-corrected chi connectivity index (χ4v) is 3.50. The summed E-state index contributed by atoms with van der Waals surface area (Å²) in [6, 6.07) is 4.78. The standard InChI is InChI=1S/C19H27Cl2FN2O2/c1-19(2,12-22)17(25)11-24-5-3-13(4-6-24)10-23-18(26)14-7-15(20)9-16(21)8-14/h7-9,13,17,25H,3-6,10-12H2,1-2H3,(H,23,26). The lowest BCUT2D eigenvalue weighted by molar-refractivity contribution is -0.00207. The van der Waals surface area contributed by atoms with Crippen LogP contribution >= 0.6 is 23.2 Å². The smallest absolute Gasteiger partial charge is 0.251 e. The van der Waals surface area contributed by atoms with Crippen molar-refractivity contribution in [3.05, 3.63) is 33.8 Å². The maximum Gasteiger partial charge on any atom is 0.251 e. The van der Waals surface area contributed by atoms with Gasteiger partial charge in [0.25, 0.3) is 5.91 Å². The van der Waals surface area contributed by atoms with Crippen LogP contribution in [0.15, 0.2) is 18.2 Å². The van der Waals surface area contributed by atoms with Crippen molar-refractivity contribution in [1.82, 2.24) is 10.2 Å². The number of alkyl halides is 1. The van der Waals surface area contributed by atoms with Gasteiger partial charge in [0.1, 0.15) is 0 Å². The van der Waals surface area contributed by atoms with Gasteiger partial charge in [0.05, 0.1) is 12.8 Å². The van der Waals surface area contributed by atoms with Crippen LogP contribution in [0.1, 0.15) is 37.0 Å². The third-order valence-electron chi connectivity index (χ3n) is 5.06. The van der Waals surface area contributed by atoms with Crippen LogP contribution in [0.5, 0.6) is 0 Å². The van der Waals surface area contributed by atoms with E-state index in [0.29, 0.717) is 34.6 Å². The normalized spacial score (nSPS) is 17.9. The molecule has 0 spiro atoms. The van der Waals surface area contributed by atoms with Gasteiger partial charge in [0, 0.05) is 34.1 Å². The fourth-order valence-electron chi connectivity index (χ4n) is 2.98. The van der Waals surface area contributed by atoms with E-state index in [1.165, 1.54) is 0 Å². The molecule has 0 aliphatic carbocycles. The predicted molar refractivity (Wildman–Crippen MR) is 104 cm³/mol. The van der Waals surface area contributed by atoms with E-state index in [1.807, 2.05) is 0 Å². The number of carbonyl (C=O) groups is 1. The quantitative estimate of drug-likeness (QED) is 0.726.